The number of carbonyl (C=O) groups excluding carboxylic acids is 1. The third kappa shape index (κ3) is 3.63. The van der Waals surface area contributed by atoms with Crippen molar-refractivity contribution in [2.45, 2.75) is 19.1 Å². The van der Waals surface area contributed by atoms with Crippen LogP contribution in [0.5, 0.6) is 0 Å². The lowest BCUT2D eigenvalue weighted by molar-refractivity contribution is 0.0844. The predicted octanol–water partition coefficient (Wildman–Crippen LogP) is 2.67. The molecular formula is C27H28N8O2. The molecule has 2 N–H and O–H groups in total. The Kier molecular flexibility index (Phi) is 4.41. The van der Waals surface area contributed by atoms with E-state index in [9.17, 15) is 4.79 Å². The quantitative estimate of drug-likeness (QED) is 0.444. The molecule has 4 aromatic rings. The zero-order chi connectivity index (χ0) is 27.6. The molecule has 0 saturated carbocycles. The molecule has 10 nitrogen and oxygen atoms in total. The number of hydrogen-bond acceptors (Lipinski definition) is 8. The fourth-order valence-electron chi connectivity index (χ4n) is 5.70. The van der Waals surface area contributed by atoms with Crippen LogP contribution in [0.1, 0.15) is 25.7 Å². The van der Waals surface area contributed by atoms with E-state index in [1.165, 1.54) is 10.8 Å². The standard InChI is InChI=1S/C27H28N8O2/c1-33-13-16-15-37-10-9-35(16)22-3-4-23(32-21(22)14-33)31-20-12-29-25(19-11-30-27(36)24(19)20)17-5-7-28-26-18(17)6-8-34(26)2/h3-8,12,16H,9-11,13-15H2,1-2H3,(H,30,36)(H,31,32)/i2D3. The van der Waals surface area contributed by atoms with Gasteiger partial charge in [0.25, 0.3) is 5.91 Å². The molecule has 3 aliphatic rings. The smallest absolute Gasteiger partial charge is 0.254 e. The molecule has 1 saturated heterocycles. The summed E-state index contributed by atoms with van der Waals surface area (Å²) in [5.74, 6) is 0.438. The Bertz CT molecular complexity index is 1650. The number of hydrogen-bond donors (Lipinski definition) is 2. The highest BCUT2D eigenvalue weighted by Gasteiger charge is 2.31. The monoisotopic (exact) mass is 499 g/mol. The van der Waals surface area contributed by atoms with Crippen molar-refractivity contribution in [2.24, 2.45) is 6.98 Å². The van der Waals surface area contributed by atoms with Crippen molar-refractivity contribution in [3.63, 3.8) is 0 Å². The van der Waals surface area contributed by atoms with Crippen LogP contribution in [0, 0.1) is 0 Å². The molecule has 1 unspecified atom stereocenters. The second-order valence-corrected chi connectivity index (χ2v) is 9.74. The van der Waals surface area contributed by atoms with E-state index < -0.39 is 6.98 Å². The van der Waals surface area contributed by atoms with Gasteiger partial charge in [0.2, 0.25) is 0 Å². The highest BCUT2D eigenvalue weighted by Crippen LogP contribution is 2.36. The number of amides is 1. The summed E-state index contributed by atoms with van der Waals surface area (Å²) in [6.45, 7) is 1.80. The number of fused-ring (bicyclic) bond motifs is 5. The summed E-state index contributed by atoms with van der Waals surface area (Å²) in [5.41, 5.74) is 5.59. The third-order valence-electron chi connectivity index (χ3n) is 7.37. The summed E-state index contributed by atoms with van der Waals surface area (Å²) in [4.78, 5) is 31.7. The molecule has 1 fully saturated rings. The normalized spacial score (nSPS) is 20.8. The van der Waals surface area contributed by atoms with E-state index in [1.807, 2.05) is 6.07 Å². The van der Waals surface area contributed by atoms with Gasteiger partial charge >= 0.3 is 0 Å². The maximum Gasteiger partial charge on any atom is 0.254 e. The Hall–Kier alpha value is -4.02. The van der Waals surface area contributed by atoms with Crippen molar-refractivity contribution in [2.75, 3.05) is 43.6 Å². The molecule has 37 heavy (non-hydrogen) atoms. The van der Waals surface area contributed by atoms with Gasteiger partial charge in [-0.1, -0.05) is 0 Å². The van der Waals surface area contributed by atoms with Crippen LogP contribution in [-0.4, -0.2) is 69.7 Å². The van der Waals surface area contributed by atoms with Crippen molar-refractivity contribution in [1.29, 1.82) is 0 Å². The zero-order valence-corrected chi connectivity index (χ0v) is 20.4. The number of nitrogens with one attached hydrogen (secondary N) is 2. The minimum Gasteiger partial charge on any atom is -0.377 e. The average molecular weight is 500 g/mol. The minimum atomic E-state index is -2.35. The fourth-order valence-corrected chi connectivity index (χ4v) is 5.70. The average Bonchev–Trinajstić information content (AvgIpc) is 3.50. The topological polar surface area (TPSA) is 100 Å². The Morgan fingerprint density at radius 2 is 2.19 bits per heavy atom. The van der Waals surface area contributed by atoms with E-state index in [0.717, 1.165) is 35.6 Å². The number of carbonyl (C=O) groups is 1. The first kappa shape index (κ1) is 19.1. The van der Waals surface area contributed by atoms with Crippen molar-refractivity contribution in [3.05, 3.63) is 59.7 Å². The number of anilines is 3. The number of aryl methyl sites for hydroxylation is 1. The molecule has 3 aliphatic heterocycles. The molecular weight excluding hydrogens is 468 g/mol. The van der Waals surface area contributed by atoms with Gasteiger partial charge in [-0.05, 0) is 31.3 Å². The van der Waals surface area contributed by atoms with Crippen molar-refractivity contribution >= 4 is 34.1 Å². The minimum absolute atomic E-state index is 0.197. The highest BCUT2D eigenvalue weighted by atomic mass is 16.5. The number of ether oxygens (including phenoxy) is 1. The van der Waals surface area contributed by atoms with E-state index in [2.05, 4.69) is 38.5 Å². The largest absolute Gasteiger partial charge is 0.377 e. The second-order valence-electron chi connectivity index (χ2n) is 9.74. The van der Waals surface area contributed by atoms with Gasteiger partial charge < -0.3 is 24.8 Å². The molecule has 7 heterocycles. The predicted molar refractivity (Wildman–Crippen MR) is 141 cm³/mol. The molecule has 4 aromatic heterocycles. The van der Waals surface area contributed by atoms with Crippen molar-refractivity contribution in [1.82, 2.24) is 29.7 Å². The molecule has 7 rings (SSSR count). The van der Waals surface area contributed by atoms with Crippen LogP contribution >= 0.6 is 0 Å². The summed E-state index contributed by atoms with van der Waals surface area (Å²) in [6, 6.07) is 7.85. The number of likely N-dealkylation sites (N-methyl/N-ethyl adjacent to an activating group) is 1. The summed E-state index contributed by atoms with van der Waals surface area (Å²) < 4.78 is 30.3. The number of nitrogens with zero attached hydrogens (tertiary/aromatic N) is 6. The van der Waals surface area contributed by atoms with Gasteiger partial charge in [0.15, 0.2) is 0 Å². The van der Waals surface area contributed by atoms with E-state index in [1.54, 1.807) is 24.5 Å². The summed E-state index contributed by atoms with van der Waals surface area (Å²) in [7, 11) is 2.09. The Labute approximate surface area is 218 Å². The lowest BCUT2D eigenvalue weighted by Crippen LogP contribution is -2.49. The Morgan fingerprint density at radius 3 is 3.11 bits per heavy atom. The lowest BCUT2D eigenvalue weighted by Gasteiger charge is -2.37. The Morgan fingerprint density at radius 1 is 1.24 bits per heavy atom. The zero-order valence-electron chi connectivity index (χ0n) is 23.4. The number of aromatic nitrogens is 4. The van der Waals surface area contributed by atoms with Gasteiger partial charge in [-0.25, -0.2) is 9.97 Å². The summed E-state index contributed by atoms with van der Waals surface area (Å²) >= 11 is 0. The molecule has 1 atom stereocenters. The molecule has 1 amide bonds. The first-order chi connectivity index (χ1) is 19.3. The van der Waals surface area contributed by atoms with Gasteiger partial charge in [-0.3, -0.25) is 14.7 Å². The van der Waals surface area contributed by atoms with E-state index >= 15 is 0 Å². The van der Waals surface area contributed by atoms with Crippen LogP contribution < -0.4 is 15.5 Å². The van der Waals surface area contributed by atoms with Crippen LogP contribution in [0.15, 0.2) is 42.9 Å². The molecule has 188 valence electrons. The Balaban J connectivity index is 1.26. The summed E-state index contributed by atoms with van der Waals surface area (Å²) in [6.07, 6.45) is 4.72. The fraction of sp³-hybridized carbons (Fsp3) is 0.333. The van der Waals surface area contributed by atoms with Crippen LogP contribution in [0.3, 0.4) is 0 Å². The molecule has 0 aliphatic carbocycles. The first-order valence-electron chi connectivity index (χ1n) is 13.8. The maximum absolute atomic E-state index is 13.0. The number of rotatable bonds is 3. The summed E-state index contributed by atoms with van der Waals surface area (Å²) in [5, 5.41) is 6.92. The lowest BCUT2D eigenvalue weighted by atomic mass is 10.0. The molecule has 0 aromatic carbocycles. The van der Waals surface area contributed by atoms with E-state index in [0.29, 0.717) is 66.1 Å². The first-order valence-corrected chi connectivity index (χ1v) is 12.3. The van der Waals surface area contributed by atoms with Gasteiger partial charge in [0.1, 0.15) is 11.5 Å². The molecule has 0 spiro atoms. The molecule has 0 bridgehead atoms. The highest BCUT2D eigenvalue weighted by molar-refractivity contribution is 6.06. The van der Waals surface area contributed by atoms with Crippen molar-refractivity contribution < 1.29 is 13.6 Å². The van der Waals surface area contributed by atoms with Crippen molar-refractivity contribution in [3.8, 4) is 11.3 Å². The molecule has 0 radical (unpaired) electrons. The maximum atomic E-state index is 13.0. The van der Waals surface area contributed by atoms with Crippen LogP contribution in [-0.2, 0) is 24.8 Å². The van der Waals surface area contributed by atoms with Crippen LogP contribution in [0.25, 0.3) is 22.3 Å². The number of pyridine rings is 3. The van der Waals surface area contributed by atoms with Crippen LogP contribution in [0.2, 0.25) is 0 Å². The second kappa shape index (κ2) is 8.53. The SMILES string of the molecule is [2H]C([2H])([2H])n1ccc2c(-c3ncc(Nc4ccc5c(n4)CN(C)CC4COCCN54)c4c3CNC4=O)ccnc21. The van der Waals surface area contributed by atoms with Gasteiger partial charge in [-0.2, -0.15) is 0 Å². The third-order valence-corrected chi connectivity index (χ3v) is 7.37. The molecule has 10 heteroatoms. The van der Waals surface area contributed by atoms with Gasteiger partial charge in [0.05, 0.1) is 53.8 Å². The van der Waals surface area contributed by atoms with Gasteiger partial charge in [-0.15, -0.1) is 0 Å². The van der Waals surface area contributed by atoms with E-state index in [4.69, 9.17) is 18.8 Å². The van der Waals surface area contributed by atoms with Gasteiger partial charge in [0, 0.05) is 66.2 Å². The van der Waals surface area contributed by atoms with Crippen LogP contribution in [0.4, 0.5) is 17.2 Å². The number of morpholine rings is 1. The van der Waals surface area contributed by atoms with E-state index in [-0.39, 0.29) is 5.91 Å².